The van der Waals surface area contributed by atoms with Gasteiger partial charge in [0.25, 0.3) is 0 Å². The molecule has 1 fully saturated rings. The Labute approximate surface area is 201 Å². The predicted octanol–water partition coefficient (Wildman–Crippen LogP) is -2.72. The van der Waals surface area contributed by atoms with E-state index in [0.29, 0.717) is 58.9 Å². The van der Waals surface area contributed by atoms with Crippen LogP contribution in [-0.4, -0.2) is 176 Å². The maximum absolute atomic E-state index is 12.5. The summed E-state index contributed by atoms with van der Waals surface area (Å²) in [5.74, 6) is -3.09. The first-order chi connectivity index (χ1) is 15.8. The van der Waals surface area contributed by atoms with E-state index in [2.05, 4.69) is 5.32 Å². The van der Waals surface area contributed by atoms with Crippen LogP contribution in [-0.2, 0) is 19.2 Å². The number of carboxylic acid groups (broad SMARTS) is 3. The van der Waals surface area contributed by atoms with Crippen molar-refractivity contribution in [3.63, 3.8) is 0 Å². The van der Waals surface area contributed by atoms with E-state index < -0.39 is 17.9 Å². The van der Waals surface area contributed by atoms with Crippen LogP contribution in [0.5, 0.6) is 0 Å². The van der Waals surface area contributed by atoms with Crippen LogP contribution in [0.25, 0.3) is 0 Å². The van der Waals surface area contributed by atoms with Crippen molar-refractivity contribution in [3.8, 4) is 0 Å². The quantitative estimate of drug-likeness (QED) is 0.224. The fourth-order valence-corrected chi connectivity index (χ4v) is 3.57. The molecule has 0 bridgehead atoms. The summed E-state index contributed by atoms with van der Waals surface area (Å²) < 4.78 is 0.719. The Balaban J connectivity index is 2.88. The number of quaternary nitrogens is 1. The third-order valence-electron chi connectivity index (χ3n) is 5.48. The van der Waals surface area contributed by atoms with Crippen molar-refractivity contribution in [2.75, 3.05) is 113 Å². The minimum atomic E-state index is -0.996. The third-order valence-corrected chi connectivity index (χ3v) is 5.48. The Morgan fingerprint density at radius 3 is 1.18 bits per heavy atom. The molecule has 0 aromatic heterocycles. The van der Waals surface area contributed by atoms with Crippen LogP contribution < -0.4 is 5.32 Å². The SMILES string of the molecule is C[N+](C)(C)CCNC(=O)CN1CCN(CC(=O)O)CCN(CC(=O)O)CCN(CC(=O)O)CC1. The summed E-state index contributed by atoms with van der Waals surface area (Å²) in [4.78, 5) is 53.4. The molecule has 1 heterocycles. The number of nitrogens with one attached hydrogen (secondary N) is 1. The van der Waals surface area contributed by atoms with Crippen molar-refractivity contribution < 1.29 is 39.0 Å². The smallest absolute Gasteiger partial charge is 0.317 e. The molecule has 0 radical (unpaired) electrons. The highest BCUT2D eigenvalue weighted by molar-refractivity contribution is 5.78. The second-order valence-corrected chi connectivity index (χ2v) is 9.65. The lowest BCUT2D eigenvalue weighted by molar-refractivity contribution is -0.869. The average molecular weight is 490 g/mol. The van der Waals surface area contributed by atoms with Gasteiger partial charge in [0, 0.05) is 52.4 Å². The monoisotopic (exact) mass is 489 g/mol. The molecule has 13 nitrogen and oxygen atoms in total. The van der Waals surface area contributed by atoms with Crippen molar-refractivity contribution in [1.29, 1.82) is 0 Å². The molecule has 1 rings (SSSR count). The van der Waals surface area contributed by atoms with E-state index >= 15 is 0 Å². The van der Waals surface area contributed by atoms with Gasteiger partial charge in [-0.2, -0.15) is 0 Å². The zero-order valence-corrected chi connectivity index (χ0v) is 20.6. The van der Waals surface area contributed by atoms with Gasteiger partial charge in [-0.25, -0.2) is 0 Å². The van der Waals surface area contributed by atoms with Gasteiger partial charge in [-0.15, -0.1) is 0 Å². The molecule has 13 heteroatoms. The molecule has 1 aliphatic rings. The summed E-state index contributed by atoms with van der Waals surface area (Å²) in [5.41, 5.74) is 0. The van der Waals surface area contributed by atoms with Crippen LogP contribution in [0.3, 0.4) is 0 Å². The molecular formula is C21H41N6O7+. The van der Waals surface area contributed by atoms with Gasteiger partial charge in [-0.1, -0.05) is 0 Å². The molecule has 1 amide bonds. The topological polar surface area (TPSA) is 154 Å². The first-order valence-electron chi connectivity index (χ1n) is 11.5. The Hall–Kier alpha value is -2.32. The summed E-state index contributed by atoms with van der Waals surface area (Å²) in [6.45, 7) is 3.87. The van der Waals surface area contributed by atoms with Crippen molar-refractivity contribution in [3.05, 3.63) is 0 Å². The number of likely N-dealkylation sites (N-methyl/N-ethyl adjacent to an activating group) is 1. The number of amides is 1. The lowest BCUT2D eigenvalue weighted by Gasteiger charge is -2.33. The van der Waals surface area contributed by atoms with Gasteiger partial charge in [-0.3, -0.25) is 38.8 Å². The number of hydrogen-bond acceptors (Lipinski definition) is 8. The molecule has 1 aliphatic heterocycles. The Bertz CT molecular complexity index is 653. The number of nitrogens with zero attached hydrogens (tertiary/aromatic N) is 5. The van der Waals surface area contributed by atoms with Gasteiger partial charge in [0.2, 0.25) is 5.91 Å². The van der Waals surface area contributed by atoms with Gasteiger partial charge >= 0.3 is 17.9 Å². The molecular weight excluding hydrogens is 448 g/mol. The summed E-state index contributed by atoms with van der Waals surface area (Å²) in [6.07, 6.45) is 0. The van der Waals surface area contributed by atoms with Crippen LogP contribution in [0.2, 0.25) is 0 Å². The second kappa shape index (κ2) is 14.8. The van der Waals surface area contributed by atoms with Gasteiger partial charge < -0.3 is 25.1 Å². The van der Waals surface area contributed by atoms with Crippen molar-refractivity contribution in [2.45, 2.75) is 0 Å². The lowest BCUT2D eigenvalue weighted by atomic mass is 10.3. The summed E-state index contributed by atoms with van der Waals surface area (Å²) in [6, 6.07) is 0. The summed E-state index contributed by atoms with van der Waals surface area (Å²) in [5, 5.41) is 30.6. The van der Waals surface area contributed by atoms with E-state index in [1.54, 1.807) is 14.7 Å². The highest BCUT2D eigenvalue weighted by Gasteiger charge is 2.21. The van der Waals surface area contributed by atoms with E-state index in [0.717, 1.165) is 11.0 Å². The van der Waals surface area contributed by atoms with Crippen LogP contribution in [0.15, 0.2) is 0 Å². The maximum Gasteiger partial charge on any atom is 0.317 e. The molecule has 4 N–H and O–H groups in total. The highest BCUT2D eigenvalue weighted by atomic mass is 16.4. The van der Waals surface area contributed by atoms with Crippen LogP contribution in [0.1, 0.15) is 0 Å². The zero-order valence-electron chi connectivity index (χ0n) is 20.6. The molecule has 0 aromatic carbocycles. The molecule has 0 saturated carbocycles. The number of carboxylic acids is 3. The molecule has 196 valence electrons. The van der Waals surface area contributed by atoms with Crippen molar-refractivity contribution in [1.82, 2.24) is 24.9 Å². The van der Waals surface area contributed by atoms with E-state index in [-0.39, 0.29) is 32.1 Å². The van der Waals surface area contributed by atoms with Gasteiger partial charge in [0.15, 0.2) is 0 Å². The van der Waals surface area contributed by atoms with E-state index in [1.807, 2.05) is 26.0 Å². The average Bonchev–Trinajstić information content (AvgIpc) is 2.67. The Morgan fingerprint density at radius 2 is 0.912 bits per heavy atom. The first-order valence-corrected chi connectivity index (χ1v) is 11.5. The third kappa shape index (κ3) is 14.8. The number of hydrogen-bond donors (Lipinski definition) is 4. The van der Waals surface area contributed by atoms with Crippen LogP contribution in [0.4, 0.5) is 0 Å². The number of carbonyl (C=O) groups is 4. The van der Waals surface area contributed by atoms with Gasteiger partial charge in [0.1, 0.15) is 0 Å². The molecule has 0 spiro atoms. The summed E-state index contributed by atoms with van der Waals surface area (Å²) in [7, 11) is 6.11. The van der Waals surface area contributed by atoms with Crippen molar-refractivity contribution in [2.24, 2.45) is 0 Å². The number of carbonyl (C=O) groups excluding carboxylic acids is 1. The molecule has 0 unspecified atom stereocenters. The number of rotatable bonds is 11. The molecule has 34 heavy (non-hydrogen) atoms. The fraction of sp³-hybridized carbons (Fsp3) is 0.810. The molecule has 0 atom stereocenters. The zero-order chi connectivity index (χ0) is 25.7. The van der Waals surface area contributed by atoms with E-state index in [4.69, 9.17) is 0 Å². The number of aliphatic carboxylic acids is 3. The van der Waals surface area contributed by atoms with Gasteiger partial charge in [-0.05, 0) is 0 Å². The Kier molecular flexibility index (Phi) is 13.0. The minimum absolute atomic E-state index is 0.129. The first kappa shape index (κ1) is 29.7. The Morgan fingerprint density at radius 1 is 0.618 bits per heavy atom. The predicted molar refractivity (Wildman–Crippen MR) is 125 cm³/mol. The highest BCUT2D eigenvalue weighted by Crippen LogP contribution is 2.01. The molecule has 0 aromatic rings. The van der Waals surface area contributed by atoms with E-state index in [9.17, 15) is 34.5 Å². The lowest BCUT2D eigenvalue weighted by Crippen LogP contribution is -2.50. The minimum Gasteiger partial charge on any atom is -0.480 e. The maximum atomic E-state index is 12.5. The molecule has 0 aliphatic carbocycles. The van der Waals surface area contributed by atoms with Gasteiger partial charge in [0.05, 0.1) is 60.4 Å². The molecule has 1 saturated heterocycles. The van der Waals surface area contributed by atoms with Crippen LogP contribution in [0, 0.1) is 0 Å². The fourth-order valence-electron chi connectivity index (χ4n) is 3.57. The van der Waals surface area contributed by atoms with E-state index in [1.165, 1.54) is 0 Å². The standard InChI is InChI=1S/C21H40N6O7/c1-27(2,3)13-4-22-18(28)14-23-5-7-24(15-19(29)30)9-11-26(17-21(33)34)12-10-25(8-6-23)16-20(31)32/h4-17H2,1-3H3,(H3-,22,28,29,30,31,32,33,34)/p+1. The summed E-state index contributed by atoms with van der Waals surface area (Å²) >= 11 is 0. The normalized spacial score (nSPS) is 18.6. The largest absolute Gasteiger partial charge is 0.480 e. The van der Waals surface area contributed by atoms with Crippen LogP contribution >= 0.6 is 0 Å². The second-order valence-electron chi connectivity index (χ2n) is 9.65. The van der Waals surface area contributed by atoms with Crippen molar-refractivity contribution >= 4 is 23.8 Å².